The van der Waals surface area contributed by atoms with E-state index in [9.17, 15) is 9.59 Å². The van der Waals surface area contributed by atoms with Gasteiger partial charge in [-0.1, -0.05) is 59.6 Å². The summed E-state index contributed by atoms with van der Waals surface area (Å²) in [5.41, 5.74) is 4.67. The number of nitrogens with one attached hydrogen (secondary N) is 1. The Balaban J connectivity index is 1.56. The molecule has 1 aliphatic heterocycles. The van der Waals surface area contributed by atoms with Crippen LogP contribution in [0.1, 0.15) is 16.8 Å². The highest BCUT2D eigenvalue weighted by atomic mass is 35.5. The summed E-state index contributed by atoms with van der Waals surface area (Å²) in [5, 5.41) is 4.85. The lowest BCUT2D eigenvalue weighted by atomic mass is 10.1. The number of amides is 3. The number of aromatic nitrogens is 1. The molecule has 0 radical (unpaired) electrons. The minimum atomic E-state index is -0.504. The van der Waals surface area contributed by atoms with Gasteiger partial charge in [0.25, 0.3) is 5.91 Å². The van der Waals surface area contributed by atoms with Crippen molar-refractivity contribution in [1.82, 2.24) is 9.88 Å². The first-order chi connectivity index (χ1) is 15.9. The Morgan fingerprint density at radius 1 is 0.909 bits per heavy atom. The number of anilines is 1. The molecule has 3 amide bonds. The molecule has 5 rings (SSSR count). The number of carbonyl (C=O) groups is 2. The van der Waals surface area contributed by atoms with Gasteiger partial charge in [-0.25, -0.2) is 9.69 Å². The number of rotatable bonds is 4. The second kappa shape index (κ2) is 8.43. The van der Waals surface area contributed by atoms with Crippen molar-refractivity contribution in [1.29, 1.82) is 0 Å². The predicted molar refractivity (Wildman–Crippen MR) is 133 cm³/mol. The van der Waals surface area contributed by atoms with Crippen molar-refractivity contribution in [2.75, 3.05) is 4.90 Å². The number of urea groups is 1. The van der Waals surface area contributed by atoms with Gasteiger partial charge < -0.3 is 9.88 Å². The van der Waals surface area contributed by atoms with Crippen molar-refractivity contribution in [2.24, 2.45) is 0 Å². The number of hydrogen-bond donors (Lipinski definition) is 1. The van der Waals surface area contributed by atoms with Gasteiger partial charge in [0.15, 0.2) is 0 Å². The molecule has 164 valence electrons. The number of benzene rings is 3. The molecule has 1 fully saturated rings. The molecular formula is C26H19Cl2N3O2. The van der Waals surface area contributed by atoms with E-state index < -0.39 is 11.9 Å². The molecule has 3 aromatic carbocycles. The van der Waals surface area contributed by atoms with Gasteiger partial charge in [0.1, 0.15) is 5.70 Å². The SMILES string of the molecule is Cc1c(/C=C2/NC(=O)N(c3cccc(Cl)c3)C2=O)c2ccccc2n1Cc1ccc(Cl)cc1. The van der Waals surface area contributed by atoms with Crippen LogP contribution in [0.5, 0.6) is 0 Å². The van der Waals surface area contributed by atoms with E-state index in [1.165, 1.54) is 0 Å². The monoisotopic (exact) mass is 475 g/mol. The van der Waals surface area contributed by atoms with Gasteiger partial charge in [-0.05, 0) is 55.0 Å². The van der Waals surface area contributed by atoms with Gasteiger partial charge in [-0.15, -0.1) is 0 Å². The number of halogens is 2. The molecule has 7 heteroatoms. The minimum Gasteiger partial charge on any atom is -0.340 e. The summed E-state index contributed by atoms with van der Waals surface area (Å²) in [6, 6.07) is 21.9. The Hall–Kier alpha value is -3.54. The quantitative estimate of drug-likeness (QED) is 0.274. The van der Waals surface area contributed by atoms with E-state index in [-0.39, 0.29) is 5.70 Å². The van der Waals surface area contributed by atoms with E-state index in [1.54, 1.807) is 30.3 Å². The fourth-order valence-electron chi connectivity index (χ4n) is 4.15. The summed E-state index contributed by atoms with van der Waals surface area (Å²) in [4.78, 5) is 26.8. The van der Waals surface area contributed by atoms with E-state index in [2.05, 4.69) is 9.88 Å². The Kier molecular flexibility index (Phi) is 5.44. The maximum Gasteiger partial charge on any atom is 0.333 e. The van der Waals surface area contributed by atoms with E-state index in [1.807, 2.05) is 55.5 Å². The third-order valence-electron chi connectivity index (χ3n) is 5.77. The van der Waals surface area contributed by atoms with Gasteiger partial charge in [-0.2, -0.15) is 0 Å². The van der Waals surface area contributed by atoms with E-state index in [0.29, 0.717) is 22.3 Å². The Morgan fingerprint density at radius 2 is 1.67 bits per heavy atom. The predicted octanol–water partition coefficient (Wildman–Crippen LogP) is 6.40. The van der Waals surface area contributed by atoms with Crippen LogP contribution < -0.4 is 10.2 Å². The lowest BCUT2D eigenvalue weighted by molar-refractivity contribution is -0.113. The number of hydrogen-bond acceptors (Lipinski definition) is 2. The fraction of sp³-hybridized carbons (Fsp3) is 0.0769. The number of para-hydroxylation sites is 1. The molecular weight excluding hydrogens is 457 g/mol. The van der Waals surface area contributed by atoms with Crippen LogP contribution in [0.4, 0.5) is 10.5 Å². The molecule has 0 unspecified atom stereocenters. The molecule has 0 atom stereocenters. The van der Waals surface area contributed by atoms with Crippen LogP contribution in [0, 0.1) is 6.92 Å². The molecule has 0 spiro atoms. The molecule has 1 aromatic heterocycles. The van der Waals surface area contributed by atoms with Crippen molar-refractivity contribution in [3.8, 4) is 0 Å². The number of fused-ring (bicyclic) bond motifs is 1. The van der Waals surface area contributed by atoms with Crippen LogP contribution in [-0.2, 0) is 11.3 Å². The Morgan fingerprint density at radius 3 is 2.42 bits per heavy atom. The van der Waals surface area contributed by atoms with Gasteiger partial charge >= 0.3 is 6.03 Å². The maximum atomic E-state index is 13.1. The first-order valence-corrected chi connectivity index (χ1v) is 11.1. The topological polar surface area (TPSA) is 54.3 Å². The number of nitrogens with zero attached hydrogens (tertiary/aromatic N) is 2. The highest BCUT2D eigenvalue weighted by molar-refractivity contribution is 6.32. The van der Waals surface area contributed by atoms with Crippen molar-refractivity contribution >= 4 is 57.8 Å². The Labute approximate surface area is 200 Å². The van der Waals surface area contributed by atoms with Crippen LogP contribution >= 0.6 is 23.2 Å². The molecule has 0 saturated carbocycles. The molecule has 0 aliphatic carbocycles. The molecule has 2 heterocycles. The van der Waals surface area contributed by atoms with Crippen LogP contribution in [0.2, 0.25) is 10.0 Å². The summed E-state index contributed by atoms with van der Waals surface area (Å²) in [6.45, 7) is 2.67. The molecule has 1 N–H and O–H groups in total. The molecule has 1 saturated heterocycles. The summed E-state index contributed by atoms with van der Waals surface area (Å²) in [7, 11) is 0. The first-order valence-electron chi connectivity index (χ1n) is 10.4. The minimum absolute atomic E-state index is 0.220. The third kappa shape index (κ3) is 3.90. The maximum absolute atomic E-state index is 13.1. The lowest BCUT2D eigenvalue weighted by Crippen LogP contribution is -2.30. The Bertz CT molecular complexity index is 1440. The van der Waals surface area contributed by atoms with Gasteiger partial charge in [0, 0.05) is 38.8 Å². The number of carbonyl (C=O) groups excluding carboxylic acids is 2. The zero-order valence-corrected chi connectivity index (χ0v) is 19.2. The fourth-order valence-corrected chi connectivity index (χ4v) is 4.46. The smallest absolute Gasteiger partial charge is 0.333 e. The zero-order chi connectivity index (χ0) is 23.1. The van der Waals surface area contributed by atoms with E-state index >= 15 is 0 Å². The standard InChI is InChI=1S/C26H19Cl2N3O2/c1-16-22(14-23-25(32)31(26(33)29-23)20-6-4-5-19(28)13-20)21-7-2-3-8-24(21)30(16)15-17-9-11-18(27)12-10-17/h2-14H,15H2,1H3,(H,29,33)/b23-14+. The van der Waals surface area contributed by atoms with Crippen molar-refractivity contribution in [3.63, 3.8) is 0 Å². The van der Waals surface area contributed by atoms with Crippen molar-refractivity contribution in [2.45, 2.75) is 13.5 Å². The third-order valence-corrected chi connectivity index (χ3v) is 6.25. The molecule has 1 aliphatic rings. The van der Waals surface area contributed by atoms with Crippen molar-refractivity contribution < 1.29 is 9.59 Å². The van der Waals surface area contributed by atoms with E-state index in [4.69, 9.17) is 23.2 Å². The summed E-state index contributed by atoms with van der Waals surface area (Å²) < 4.78 is 2.20. The summed E-state index contributed by atoms with van der Waals surface area (Å²) in [5.74, 6) is -0.420. The molecule has 4 aromatic rings. The second-order valence-corrected chi connectivity index (χ2v) is 8.71. The normalized spacial score (nSPS) is 15.0. The number of imide groups is 1. The summed E-state index contributed by atoms with van der Waals surface area (Å²) in [6.07, 6.45) is 1.75. The van der Waals surface area contributed by atoms with Crippen LogP contribution in [0.3, 0.4) is 0 Å². The highest BCUT2D eigenvalue weighted by Gasteiger charge is 2.35. The van der Waals surface area contributed by atoms with E-state index in [0.717, 1.165) is 32.6 Å². The molecule has 33 heavy (non-hydrogen) atoms. The average Bonchev–Trinajstić information content (AvgIpc) is 3.23. The first kappa shape index (κ1) is 21.3. The van der Waals surface area contributed by atoms with Gasteiger partial charge in [-0.3, -0.25) is 4.79 Å². The van der Waals surface area contributed by atoms with Crippen LogP contribution in [-0.4, -0.2) is 16.5 Å². The van der Waals surface area contributed by atoms with Gasteiger partial charge in [0.05, 0.1) is 5.69 Å². The van der Waals surface area contributed by atoms with Crippen molar-refractivity contribution in [3.05, 3.63) is 105 Å². The van der Waals surface area contributed by atoms with Crippen LogP contribution in [0.25, 0.3) is 17.0 Å². The average molecular weight is 476 g/mol. The van der Waals surface area contributed by atoms with Crippen LogP contribution in [0.15, 0.2) is 78.5 Å². The lowest BCUT2D eigenvalue weighted by Gasteiger charge is -2.11. The summed E-state index contributed by atoms with van der Waals surface area (Å²) >= 11 is 12.1. The largest absolute Gasteiger partial charge is 0.340 e. The van der Waals surface area contributed by atoms with Gasteiger partial charge in [0.2, 0.25) is 0 Å². The zero-order valence-electron chi connectivity index (χ0n) is 17.7. The molecule has 5 nitrogen and oxygen atoms in total. The molecule has 0 bridgehead atoms. The highest BCUT2D eigenvalue weighted by Crippen LogP contribution is 2.31. The second-order valence-electron chi connectivity index (χ2n) is 7.84.